The van der Waals surface area contributed by atoms with Crippen molar-refractivity contribution in [2.45, 2.75) is 49.8 Å². The quantitative estimate of drug-likeness (QED) is 0.898. The molecule has 4 heteroatoms. The molecule has 2 unspecified atom stereocenters. The fraction of sp³-hybridized carbons (Fsp3) is 0.588. The van der Waals surface area contributed by atoms with Crippen molar-refractivity contribution in [1.29, 1.82) is 0 Å². The number of rotatable bonds is 3. The summed E-state index contributed by atoms with van der Waals surface area (Å²) >= 11 is 1.89. The molecule has 1 aromatic carbocycles. The second kappa shape index (κ2) is 6.73. The number of benzene rings is 1. The maximum Gasteiger partial charge on any atom is 0.251 e. The third kappa shape index (κ3) is 3.37. The molecule has 3 rings (SSSR count). The largest absolute Gasteiger partial charge is 0.385 e. The van der Waals surface area contributed by atoms with Gasteiger partial charge < -0.3 is 10.6 Å². The van der Waals surface area contributed by atoms with E-state index in [1.165, 1.54) is 30.5 Å². The molecule has 2 N–H and O–H groups in total. The molecule has 1 amide bonds. The monoisotopic (exact) mass is 304 g/mol. The number of hydrogen-bond acceptors (Lipinski definition) is 3. The lowest BCUT2D eigenvalue weighted by molar-refractivity contribution is 0.0929. The number of hydrogen-bond donors (Lipinski definition) is 2. The van der Waals surface area contributed by atoms with Gasteiger partial charge in [0.1, 0.15) is 0 Å². The summed E-state index contributed by atoms with van der Waals surface area (Å²) in [5.41, 5.74) is 3.28. The van der Waals surface area contributed by atoms with E-state index in [4.69, 9.17) is 0 Å². The topological polar surface area (TPSA) is 41.1 Å². The van der Waals surface area contributed by atoms with Crippen molar-refractivity contribution in [3.05, 3.63) is 29.3 Å². The Morgan fingerprint density at radius 2 is 2.14 bits per heavy atom. The third-order valence-corrected chi connectivity index (χ3v) is 5.80. The number of anilines is 1. The van der Waals surface area contributed by atoms with Gasteiger partial charge in [-0.25, -0.2) is 0 Å². The van der Waals surface area contributed by atoms with Crippen LogP contribution in [0.1, 0.15) is 48.0 Å². The van der Waals surface area contributed by atoms with Gasteiger partial charge in [-0.2, -0.15) is 11.8 Å². The van der Waals surface area contributed by atoms with E-state index in [1.807, 2.05) is 17.8 Å². The van der Waals surface area contributed by atoms with Gasteiger partial charge in [0.05, 0.1) is 0 Å². The Hall–Kier alpha value is -1.16. The highest BCUT2D eigenvalue weighted by molar-refractivity contribution is 7.99. The van der Waals surface area contributed by atoms with Crippen LogP contribution < -0.4 is 10.6 Å². The molecule has 0 saturated heterocycles. The van der Waals surface area contributed by atoms with Gasteiger partial charge in [-0.1, -0.05) is 12.8 Å². The molecule has 1 saturated carbocycles. The van der Waals surface area contributed by atoms with Gasteiger partial charge in [-0.15, -0.1) is 0 Å². The van der Waals surface area contributed by atoms with Crippen molar-refractivity contribution in [3.8, 4) is 0 Å². The summed E-state index contributed by atoms with van der Waals surface area (Å²) < 4.78 is 0. The third-order valence-electron chi connectivity index (χ3n) is 4.63. The second-order valence-electron chi connectivity index (χ2n) is 6.04. The average molecular weight is 304 g/mol. The first-order chi connectivity index (χ1) is 10.3. The highest BCUT2D eigenvalue weighted by Crippen LogP contribution is 2.28. The Kier molecular flexibility index (Phi) is 4.73. The van der Waals surface area contributed by atoms with Crippen molar-refractivity contribution in [1.82, 2.24) is 5.32 Å². The molecule has 21 heavy (non-hydrogen) atoms. The molecule has 2 aliphatic rings. The van der Waals surface area contributed by atoms with Gasteiger partial charge in [0.15, 0.2) is 0 Å². The highest BCUT2D eigenvalue weighted by atomic mass is 32.2. The second-order valence-corrected chi connectivity index (χ2v) is 7.12. The fourth-order valence-corrected chi connectivity index (χ4v) is 4.35. The summed E-state index contributed by atoms with van der Waals surface area (Å²) in [6.07, 6.45) is 9.23. The Labute approximate surface area is 131 Å². The molecule has 1 aromatic rings. The van der Waals surface area contributed by atoms with E-state index in [9.17, 15) is 4.79 Å². The lowest BCUT2D eigenvalue weighted by Gasteiger charge is -2.31. The van der Waals surface area contributed by atoms with Crippen LogP contribution in [0.3, 0.4) is 0 Å². The molecule has 3 nitrogen and oxygen atoms in total. The van der Waals surface area contributed by atoms with Crippen LogP contribution in [0.25, 0.3) is 0 Å². The van der Waals surface area contributed by atoms with E-state index in [2.05, 4.69) is 29.0 Å². The molecular formula is C17H24N2OS. The standard InChI is InChI=1S/C17H24N2OS/c1-21-16-7-3-2-6-15(16)19-17(20)13-8-9-14-12(11-13)5-4-10-18-14/h8-9,11,15-16,18H,2-7,10H2,1H3,(H,19,20). The van der Waals surface area contributed by atoms with Crippen LogP contribution >= 0.6 is 11.8 Å². The predicted molar refractivity (Wildman–Crippen MR) is 90.3 cm³/mol. The zero-order valence-corrected chi connectivity index (χ0v) is 13.5. The molecule has 0 bridgehead atoms. The zero-order valence-electron chi connectivity index (χ0n) is 12.7. The molecular weight excluding hydrogens is 280 g/mol. The van der Waals surface area contributed by atoms with E-state index < -0.39 is 0 Å². The minimum atomic E-state index is 0.0920. The van der Waals surface area contributed by atoms with Gasteiger partial charge in [0, 0.05) is 29.1 Å². The van der Waals surface area contributed by atoms with Gasteiger partial charge in [0.2, 0.25) is 0 Å². The smallest absolute Gasteiger partial charge is 0.251 e. The Morgan fingerprint density at radius 1 is 1.29 bits per heavy atom. The maximum atomic E-state index is 12.5. The van der Waals surface area contributed by atoms with Crippen molar-refractivity contribution in [2.75, 3.05) is 18.1 Å². The fourth-order valence-electron chi connectivity index (χ4n) is 3.41. The van der Waals surface area contributed by atoms with E-state index >= 15 is 0 Å². The van der Waals surface area contributed by atoms with Gasteiger partial charge in [-0.3, -0.25) is 4.79 Å². The van der Waals surface area contributed by atoms with Crippen LogP contribution in [0, 0.1) is 0 Å². The molecule has 0 spiro atoms. The molecule has 1 aliphatic carbocycles. The van der Waals surface area contributed by atoms with Gasteiger partial charge >= 0.3 is 0 Å². The first-order valence-electron chi connectivity index (χ1n) is 7.98. The predicted octanol–water partition coefficient (Wildman–Crippen LogP) is 3.45. The highest BCUT2D eigenvalue weighted by Gasteiger charge is 2.26. The molecule has 2 atom stereocenters. The summed E-state index contributed by atoms with van der Waals surface area (Å²) in [6.45, 7) is 1.04. The molecule has 0 radical (unpaired) electrons. The molecule has 1 fully saturated rings. The van der Waals surface area contributed by atoms with Crippen molar-refractivity contribution >= 4 is 23.4 Å². The summed E-state index contributed by atoms with van der Waals surface area (Å²) in [5, 5.41) is 7.23. The minimum absolute atomic E-state index is 0.0920. The number of aryl methyl sites for hydroxylation is 1. The molecule has 114 valence electrons. The molecule has 1 aliphatic heterocycles. The first kappa shape index (κ1) is 14.8. The normalized spacial score (nSPS) is 24.8. The van der Waals surface area contributed by atoms with Gasteiger partial charge in [0.25, 0.3) is 5.91 Å². The molecule has 1 heterocycles. The molecule has 0 aromatic heterocycles. The number of carbonyl (C=O) groups excluding carboxylic acids is 1. The summed E-state index contributed by atoms with van der Waals surface area (Å²) in [7, 11) is 0. The first-order valence-corrected chi connectivity index (χ1v) is 9.27. The Balaban J connectivity index is 1.70. The minimum Gasteiger partial charge on any atom is -0.385 e. The summed E-state index contributed by atoms with van der Waals surface area (Å²) in [6, 6.07) is 6.39. The van der Waals surface area contributed by atoms with E-state index in [-0.39, 0.29) is 5.91 Å². The SMILES string of the molecule is CSC1CCCCC1NC(=O)c1ccc2c(c1)CCCN2. The summed E-state index contributed by atoms with van der Waals surface area (Å²) in [5.74, 6) is 0.0920. The zero-order chi connectivity index (χ0) is 14.7. The average Bonchev–Trinajstić information content (AvgIpc) is 2.55. The van der Waals surface area contributed by atoms with E-state index in [1.54, 1.807) is 0 Å². The van der Waals surface area contributed by atoms with Crippen molar-refractivity contribution in [2.24, 2.45) is 0 Å². The number of carbonyl (C=O) groups is 1. The van der Waals surface area contributed by atoms with Crippen LogP contribution in [-0.2, 0) is 6.42 Å². The number of fused-ring (bicyclic) bond motifs is 1. The van der Waals surface area contributed by atoms with Crippen LogP contribution in [0.4, 0.5) is 5.69 Å². The maximum absolute atomic E-state index is 12.5. The van der Waals surface area contributed by atoms with Crippen molar-refractivity contribution < 1.29 is 4.79 Å². The Morgan fingerprint density at radius 3 is 3.00 bits per heavy atom. The van der Waals surface area contributed by atoms with Crippen LogP contribution in [0.15, 0.2) is 18.2 Å². The summed E-state index contributed by atoms with van der Waals surface area (Å²) in [4.78, 5) is 12.5. The number of thioether (sulfide) groups is 1. The lowest BCUT2D eigenvalue weighted by atomic mass is 9.94. The van der Waals surface area contributed by atoms with Crippen molar-refractivity contribution in [3.63, 3.8) is 0 Å². The van der Waals surface area contributed by atoms with E-state index in [0.717, 1.165) is 31.4 Å². The van der Waals surface area contributed by atoms with Crippen LogP contribution in [0.5, 0.6) is 0 Å². The van der Waals surface area contributed by atoms with Gasteiger partial charge in [-0.05, 0) is 55.7 Å². The number of amides is 1. The van der Waals surface area contributed by atoms with Crippen LogP contribution in [-0.4, -0.2) is 30.0 Å². The Bertz CT molecular complexity index is 518. The number of nitrogens with one attached hydrogen (secondary N) is 2. The van der Waals surface area contributed by atoms with Crippen LogP contribution in [0.2, 0.25) is 0 Å². The lowest BCUT2D eigenvalue weighted by Crippen LogP contribution is -2.43. The van der Waals surface area contributed by atoms with E-state index in [0.29, 0.717) is 11.3 Å².